The van der Waals surface area contributed by atoms with Gasteiger partial charge < -0.3 is 10.8 Å². The van der Waals surface area contributed by atoms with Crippen LogP contribution in [0.25, 0.3) is 0 Å². The Balaban J connectivity index is 2.59. The molecule has 0 atom stereocenters. The molecule has 1 amide bonds. The van der Waals surface area contributed by atoms with Crippen LogP contribution in [0.2, 0.25) is 15.1 Å². The molecule has 2 aromatic rings. The van der Waals surface area contributed by atoms with Gasteiger partial charge in [-0.15, -0.1) is 0 Å². The van der Waals surface area contributed by atoms with E-state index < -0.39 is 6.09 Å². The molecule has 0 fully saturated rings. The highest BCUT2D eigenvalue weighted by Gasteiger charge is 2.21. The third-order valence-corrected chi connectivity index (χ3v) is 3.35. The molecule has 4 nitrogen and oxygen atoms in total. The summed E-state index contributed by atoms with van der Waals surface area (Å²) >= 11 is 17.7. The molecule has 2 rings (SSSR count). The molecule has 0 aliphatic rings. The van der Waals surface area contributed by atoms with Crippen molar-refractivity contribution in [2.24, 2.45) is 0 Å². The van der Waals surface area contributed by atoms with Crippen LogP contribution in [0.5, 0.6) is 0 Å². The Bertz CT molecular complexity index is 625. The first-order valence-electron chi connectivity index (χ1n) is 5.43. The second kappa shape index (κ2) is 5.79. The second-order valence-electron chi connectivity index (χ2n) is 3.92. The minimum Gasteiger partial charge on any atom is -0.464 e. The Labute approximate surface area is 130 Å². The van der Waals surface area contributed by atoms with Crippen LogP contribution in [0.15, 0.2) is 36.4 Å². The lowest BCUT2D eigenvalue weighted by Gasteiger charge is -2.22. The van der Waals surface area contributed by atoms with Gasteiger partial charge in [-0.1, -0.05) is 34.8 Å². The van der Waals surface area contributed by atoms with Crippen LogP contribution < -0.4 is 10.6 Å². The van der Waals surface area contributed by atoms with E-state index in [1.807, 2.05) is 0 Å². The normalized spacial score (nSPS) is 10.3. The minimum atomic E-state index is -1.22. The molecule has 0 heterocycles. The Morgan fingerprint density at radius 1 is 1.00 bits per heavy atom. The molecule has 0 aliphatic carbocycles. The van der Waals surface area contributed by atoms with E-state index in [0.29, 0.717) is 10.0 Å². The average Bonchev–Trinajstić information content (AvgIpc) is 2.34. The lowest BCUT2D eigenvalue weighted by atomic mass is 10.2. The quantitative estimate of drug-likeness (QED) is 0.757. The fourth-order valence-electron chi connectivity index (χ4n) is 1.73. The molecule has 3 N–H and O–H groups in total. The molecular formula is C13H9Cl3N2O2. The van der Waals surface area contributed by atoms with Gasteiger partial charge in [0.2, 0.25) is 0 Å². The van der Waals surface area contributed by atoms with Crippen molar-refractivity contribution in [1.29, 1.82) is 0 Å². The van der Waals surface area contributed by atoms with Gasteiger partial charge in [-0.3, -0.25) is 0 Å². The van der Waals surface area contributed by atoms with Gasteiger partial charge in [0.25, 0.3) is 0 Å². The topological polar surface area (TPSA) is 66.6 Å². The maximum Gasteiger partial charge on any atom is 0.416 e. The first-order chi connectivity index (χ1) is 9.40. The number of nitrogen functional groups attached to an aromatic ring is 1. The number of halogens is 3. The van der Waals surface area contributed by atoms with Gasteiger partial charge in [-0.05, 0) is 36.4 Å². The molecule has 0 bridgehead atoms. The summed E-state index contributed by atoms with van der Waals surface area (Å²) in [6, 6.07) is 9.04. The smallest absolute Gasteiger partial charge is 0.416 e. The SMILES string of the molecule is Nc1cc(Cl)ccc1N(C(=O)O)c1ccc(Cl)cc1Cl. The van der Waals surface area contributed by atoms with Crippen LogP contribution in [0, 0.1) is 0 Å². The molecule has 0 saturated carbocycles. The molecular weight excluding hydrogens is 323 g/mol. The van der Waals surface area contributed by atoms with E-state index in [4.69, 9.17) is 40.5 Å². The number of nitrogens with two attached hydrogens (primary N) is 1. The van der Waals surface area contributed by atoms with E-state index in [0.717, 1.165) is 4.90 Å². The van der Waals surface area contributed by atoms with Crippen molar-refractivity contribution >= 4 is 58.0 Å². The van der Waals surface area contributed by atoms with Gasteiger partial charge in [-0.2, -0.15) is 0 Å². The number of rotatable bonds is 2. The highest BCUT2D eigenvalue weighted by molar-refractivity contribution is 6.37. The van der Waals surface area contributed by atoms with Crippen LogP contribution in [0.3, 0.4) is 0 Å². The van der Waals surface area contributed by atoms with E-state index in [1.54, 1.807) is 12.1 Å². The number of amides is 1. The van der Waals surface area contributed by atoms with Crippen molar-refractivity contribution < 1.29 is 9.90 Å². The zero-order valence-corrected chi connectivity index (χ0v) is 12.2. The van der Waals surface area contributed by atoms with Crippen LogP contribution in [-0.2, 0) is 0 Å². The van der Waals surface area contributed by atoms with Crippen LogP contribution >= 0.6 is 34.8 Å². The van der Waals surface area contributed by atoms with Crippen LogP contribution in [-0.4, -0.2) is 11.2 Å². The first kappa shape index (κ1) is 14.8. The zero-order chi connectivity index (χ0) is 14.9. The highest BCUT2D eigenvalue weighted by Crippen LogP contribution is 2.37. The zero-order valence-electron chi connectivity index (χ0n) is 9.98. The molecule has 0 aromatic heterocycles. The van der Waals surface area contributed by atoms with E-state index in [-0.39, 0.29) is 22.1 Å². The largest absolute Gasteiger partial charge is 0.464 e. The molecule has 0 aliphatic heterocycles. The molecule has 0 saturated heterocycles. The lowest BCUT2D eigenvalue weighted by Crippen LogP contribution is -2.24. The number of benzene rings is 2. The second-order valence-corrected chi connectivity index (χ2v) is 5.20. The van der Waals surface area contributed by atoms with Crippen molar-refractivity contribution in [3.63, 3.8) is 0 Å². The summed E-state index contributed by atoms with van der Waals surface area (Å²) in [6.45, 7) is 0. The maximum absolute atomic E-state index is 11.5. The van der Waals surface area contributed by atoms with Crippen molar-refractivity contribution in [3.8, 4) is 0 Å². The van der Waals surface area contributed by atoms with Crippen LogP contribution in [0.1, 0.15) is 0 Å². The van der Waals surface area contributed by atoms with Gasteiger partial charge in [0.05, 0.1) is 22.1 Å². The molecule has 0 spiro atoms. The Morgan fingerprint density at radius 2 is 1.55 bits per heavy atom. The number of carbonyl (C=O) groups is 1. The summed E-state index contributed by atoms with van der Waals surface area (Å²) in [7, 11) is 0. The molecule has 0 radical (unpaired) electrons. The van der Waals surface area contributed by atoms with E-state index >= 15 is 0 Å². The fourth-order valence-corrected chi connectivity index (χ4v) is 2.40. The molecule has 2 aromatic carbocycles. The monoisotopic (exact) mass is 330 g/mol. The lowest BCUT2D eigenvalue weighted by molar-refractivity contribution is 0.205. The Morgan fingerprint density at radius 3 is 2.05 bits per heavy atom. The van der Waals surface area contributed by atoms with Crippen molar-refractivity contribution in [2.45, 2.75) is 0 Å². The Kier molecular flexibility index (Phi) is 4.28. The van der Waals surface area contributed by atoms with Gasteiger partial charge >= 0.3 is 6.09 Å². The first-order valence-corrected chi connectivity index (χ1v) is 6.56. The van der Waals surface area contributed by atoms with Crippen molar-refractivity contribution in [2.75, 3.05) is 10.6 Å². The van der Waals surface area contributed by atoms with E-state index in [9.17, 15) is 9.90 Å². The van der Waals surface area contributed by atoms with Crippen molar-refractivity contribution in [1.82, 2.24) is 0 Å². The standard InChI is InChI=1S/C13H9Cl3N2O2/c14-7-1-3-11(9(16)5-7)18(13(19)20)12-4-2-8(15)6-10(12)17/h1-6H,17H2,(H,19,20). The third-order valence-electron chi connectivity index (χ3n) is 2.57. The fraction of sp³-hybridized carbons (Fsp3) is 0. The molecule has 0 unspecified atom stereocenters. The van der Waals surface area contributed by atoms with Gasteiger partial charge in [0, 0.05) is 10.0 Å². The third kappa shape index (κ3) is 2.93. The summed E-state index contributed by atoms with van der Waals surface area (Å²) in [6.07, 6.45) is -1.22. The predicted molar refractivity (Wildman–Crippen MR) is 82.5 cm³/mol. The summed E-state index contributed by atoms with van der Waals surface area (Å²) in [5.41, 5.74) is 6.58. The maximum atomic E-state index is 11.5. The minimum absolute atomic E-state index is 0.203. The number of nitrogens with zero attached hydrogens (tertiary/aromatic N) is 1. The van der Waals surface area contributed by atoms with Gasteiger partial charge in [0.15, 0.2) is 0 Å². The summed E-state index contributed by atoms with van der Waals surface area (Å²) in [4.78, 5) is 12.5. The summed E-state index contributed by atoms with van der Waals surface area (Å²) in [5, 5.41) is 10.4. The Hall–Kier alpha value is -1.62. The molecule has 104 valence electrons. The van der Waals surface area contributed by atoms with E-state index in [2.05, 4.69) is 0 Å². The number of anilines is 3. The summed E-state index contributed by atoms with van der Waals surface area (Å²) < 4.78 is 0. The number of hydrogen-bond acceptors (Lipinski definition) is 2. The molecule has 20 heavy (non-hydrogen) atoms. The van der Waals surface area contributed by atoms with Crippen LogP contribution in [0.4, 0.5) is 21.9 Å². The predicted octanol–water partition coefficient (Wildman–Crippen LogP) is 5.05. The number of hydrogen-bond donors (Lipinski definition) is 2. The summed E-state index contributed by atoms with van der Waals surface area (Å²) in [5.74, 6) is 0. The average molecular weight is 332 g/mol. The van der Waals surface area contributed by atoms with E-state index in [1.165, 1.54) is 24.3 Å². The van der Waals surface area contributed by atoms with Crippen molar-refractivity contribution in [3.05, 3.63) is 51.5 Å². The van der Waals surface area contributed by atoms with Gasteiger partial charge in [0.1, 0.15) is 0 Å². The number of carboxylic acid groups (broad SMARTS) is 1. The van der Waals surface area contributed by atoms with Gasteiger partial charge in [-0.25, -0.2) is 9.69 Å². The molecule has 7 heteroatoms. The highest BCUT2D eigenvalue weighted by atomic mass is 35.5.